The van der Waals surface area contributed by atoms with Crippen molar-refractivity contribution >= 4 is 22.9 Å². The van der Waals surface area contributed by atoms with Gasteiger partial charge in [-0.05, 0) is 39.8 Å². The number of amides is 1. The molecule has 6 heteroatoms. The molecule has 1 aromatic heterocycles. The van der Waals surface area contributed by atoms with Gasteiger partial charge in [0.05, 0.1) is 5.52 Å². The third kappa shape index (κ3) is 2.59. The molecular formula is C14H19FN4O. The zero-order valence-corrected chi connectivity index (χ0v) is 12.1. The first-order valence-corrected chi connectivity index (χ1v) is 6.44. The summed E-state index contributed by atoms with van der Waals surface area (Å²) in [7, 11) is 0. The molecule has 0 bridgehead atoms. The number of carbonyl (C=O) groups is 1. The monoisotopic (exact) mass is 278 g/mol. The van der Waals surface area contributed by atoms with E-state index in [-0.39, 0.29) is 22.9 Å². The predicted molar refractivity (Wildman–Crippen MR) is 76.7 cm³/mol. The van der Waals surface area contributed by atoms with Crippen LogP contribution in [-0.4, -0.2) is 21.0 Å². The fourth-order valence-corrected chi connectivity index (χ4v) is 2.10. The molecule has 1 aromatic carbocycles. The van der Waals surface area contributed by atoms with E-state index in [1.807, 2.05) is 20.8 Å². The number of hydrogen-bond donors (Lipinski definition) is 2. The van der Waals surface area contributed by atoms with Gasteiger partial charge in [-0.1, -0.05) is 6.07 Å². The first-order chi connectivity index (χ1) is 9.20. The first-order valence-electron chi connectivity index (χ1n) is 6.44. The molecule has 3 N–H and O–H groups in total. The van der Waals surface area contributed by atoms with Crippen LogP contribution in [0.3, 0.4) is 0 Å². The Morgan fingerprint density at radius 1 is 1.45 bits per heavy atom. The standard InChI is InChI=1S/C14H19FN4O/c1-8(12(20)18-14(2,3)4)19-10-7-5-6-9(15)11(10)17-13(19)16/h5-8H,1-4H3,(H2,16,17)(H,18,20). The van der Waals surface area contributed by atoms with Crippen LogP contribution < -0.4 is 11.1 Å². The average molecular weight is 278 g/mol. The van der Waals surface area contributed by atoms with Crippen LogP contribution in [0.5, 0.6) is 0 Å². The number of halogens is 1. The molecule has 2 rings (SSSR count). The lowest BCUT2D eigenvalue weighted by molar-refractivity contribution is -0.125. The van der Waals surface area contributed by atoms with Gasteiger partial charge in [-0.25, -0.2) is 9.37 Å². The molecule has 20 heavy (non-hydrogen) atoms. The van der Waals surface area contributed by atoms with Crippen LogP contribution in [0, 0.1) is 5.82 Å². The summed E-state index contributed by atoms with van der Waals surface area (Å²) >= 11 is 0. The summed E-state index contributed by atoms with van der Waals surface area (Å²) < 4.78 is 15.2. The molecule has 0 radical (unpaired) electrons. The van der Waals surface area contributed by atoms with Gasteiger partial charge in [0.25, 0.3) is 0 Å². The molecule has 5 nitrogen and oxygen atoms in total. The molecule has 2 aromatic rings. The Balaban J connectivity index is 2.45. The van der Waals surface area contributed by atoms with Crippen LogP contribution in [-0.2, 0) is 4.79 Å². The Kier molecular flexibility index (Phi) is 3.41. The van der Waals surface area contributed by atoms with Gasteiger partial charge in [-0.3, -0.25) is 9.36 Å². The molecule has 1 atom stereocenters. The Labute approximate surface area is 117 Å². The van der Waals surface area contributed by atoms with Gasteiger partial charge in [-0.2, -0.15) is 0 Å². The zero-order chi connectivity index (χ0) is 15.1. The van der Waals surface area contributed by atoms with E-state index < -0.39 is 11.9 Å². The number of benzene rings is 1. The van der Waals surface area contributed by atoms with E-state index in [0.29, 0.717) is 5.52 Å². The second-order valence-corrected chi connectivity index (χ2v) is 5.86. The maximum Gasteiger partial charge on any atom is 0.243 e. The molecule has 0 saturated carbocycles. The molecule has 108 valence electrons. The van der Waals surface area contributed by atoms with Crippen LogP contribution >= 0.6 is 0 Å². The number of fused-ring (bicyclic) bond motifs is 1. The summed E-state index contributed by atoms with van der Waals surface area (Å²) in [5.74, 6) is -0.509. The predicted octanol–water partition coefficient (Wildman–Crippen LogP) is 2.23. The molecule has 0 aliphatic rings. The fraction of sp³-hybridized carbons (Fsp3) is 0.429. The topological polar surface area (TPSA) is 72.9 Å². The maximum absolute atomic E-state index is 13.7. The van der Waals surface area contributed by atoms with E-state index in [1.165, 1.54) is 6.07 Å². The van der Waals surface area contributed by atoms with Gasteiger partial charge in [0.1, 0.15) is 11.6 Å². The highest BCUT2D eigenvalue weighted by molar-refractivity contribution is 5.86. The number of imidazole rings is 1. The number of nitrogens with one attached hydrogen (secondary N) is 1. The summed E-state index contributed by atoms with van der Waals surface area (Å²) in [6.45, 7) is 7.40. The average Bonchev–Trinajstić information content (AvgIpc) is 2.64. The van der Waals surface area contributed by atoms with Crippen molar-refractivity contribution < 1.29 is 9.18 Å². The molecular weight excluding hydrogens is 259 g/mol. The second kappa shape index (κ2) is 4.77. The van der Waals surface area contributed by atoms with E-state index >= 15 is 0 Å². The lowest BCUT2D eigenvalue weighted by atomic mass is 10.1. The van der Waals surface area contributed by atoms with Gasteiger partial charge in [0, 0.05) is 5.54 Å². The van der Waals surface area contributed by atoms with E-state index in [0.717, 1.165) is 0 Å². The number of carbonyl (C=O) groups excluding carboxylic acids is 1. The normalized spacial score (nSPS) is 13.4. The van der Waals surface area contributed by atoms with Crippen LogP contribution in [0.4, 0.5) is 10.3 Å². The van der Waals surface area contributed by atoms with Crippen molar-refractivity contribution in [2.75, 3.05) is 5.73 Å². The third-order valence-electron chi connectivity index (χ3n) is 2.96. The summed E-state index contributed by atoms with van der Waals surface area (Å²) in [5.41, 5.74) is 6.18. The highest BCUT2D eigenvalue weighted by Crippen LogP contribution is 2.25. The Bertz CT molecular complexity index is 657. The number of aromatic nitrogens is 2. The SMILES string of the molecule is CC(C(=O)NC(C)(C)C)n1c(N)nc2c(F)cccc21. The first kappa shape index (κ1) is 14.3. The highest BCUT2D eigenvalue weighted by Gasteiger charge is 2.24. The Hall–Kier alpha value is -2.11. The van der Waals surface area contributed by atoms with Crippen molar-refractivity contribution in [3.05, 3.63) is 24.0 Å². The lowest BCUT2D eigenvalue weighted by Gasteiger charge is -2.24. The Morgan fingerprint density at radius 3 is 2.70 bits per heavy atom. The smallest absolute Gasteiger partial charge is 0.243 e. The summed E-state index contributed by atoms with van der Waals surface area (Å²) in [5, 5.41) is 2.88. The molecule has 0 spiro atoms. The molecule has 0 fully saturated rings. The lowest BCUT2D eigenvalue weighted by Crippen LogP contribution is -2.43. The minimum atomic E-state index is -0.568. The molecule has 1 amide bonds. The zero-order valence-electron chi connectivity index (χ0n) is 12.1. The van der Waals surface area contributed by atoms with Crippen LogP contribution in [0.1, 0.15) is 33.7 Å². The van der Waals surface area contributed by atoms with Crippen molar-refractivity contribution in [3.8, 4) is 0 Å². The number of nitrogen functional groups attached to an aromatic ring is 1. The largest absolute Gasteiger partial charge is 0.369 e. The minimum Gasteiger partial charge on any atom is -0.369 e. The van der Waals surface area contributed by atoms with Crippen molar-refractivity contribution in [2.24, 2.45) is 0 Å². The van der Waals surface area contributed by atoms with Gasteiger partial charge < -0.3 is 11.1 Å². The number of para-hydroxylation sites is 1. The van der Waals surface area contributed by atoms with E-state index in [4.69, 9.17) is 5.73 Å². The molecule has 1 heterocycles. The van der Waals surface area contributed by atoms with Crippen molar-refractivity contribution in [3.63, 3.8) is 0 Å². The van der Waals surface area contributed by atoms with Crippen molar-refractivity contribution in [2.45, 2.75) is 39.3 Å². The number of nitrogens with two attached hydrogens (primary N) is 1. The molecule has 0 saturated heterocycles. The second-order valence-electron chi connectivity index (χ2n) is 5.86. The van der Waals surface area contributed by atoms with Crippen LogP contribution in [0.2, 0.25) is 0 Å². The molecule has 1 unspecified atom stereocenters. The Morgan fingerprint density at radius 2 is 2.10 bits per heavy atom. The quantitative estimate of drug-likeness (QED) is 0.884. The highest BCUT2D eigenvalue weighted by atomic mass is 19.1. The van der Waals surface area contributed by atoms with Crippen molar-refractivity contribution in [1.29, 1.82) is 0 Å². The number of anilines is 1. The van der Waals surface area contributed by atoms with Gasteiger partial charge in [-0.15, -0.1) is 0 Å². The van der Waals surface area contributed by atoms with Gasteiger partial charge in [0.2, 0.25) is 11.9 Å². The number of hydrogen-bond acceptors (Lipinski definition) is 3. The van der Waals surface area contributed by atoms with E-state index in [2.05, 4.69) is 10.3 Å². The molecule has 0 aliphatic carbocycles. The third-order valence-corrected chi connectivity index (χ3v) is 2.96. The summed E-state index contributed by atoms with van der Waals surface area (Å²) in [6.07, 6.45) is 0. The number of nitrogens with zero attached hydrogens (tertiary/aromatic N) is 2. The van der Waals surface area contributed by atoms with E-state index in [9.17, 15) is 9.18 Å². The summed E-state index contributed by atoms with van der Waals surface area (Å²) in [4.78, 5) is 16.2. The molecule has 0 aliphatic heterocycles. The minimum absolute atomic E-state index is 0.127. The summed E-state index contributed by atoms with van der Waals surface area (Å²) in [6, 6.07) is 4.02. The van der Waals surface area contributed by atoms with Gasteiger partial charge in [0.15, 0.2) is 5.82 Å². The van der Waals surface area contributed by atoms with E-state index in [1.54, 1.807) is 23.6 Å². The maximum atomic E-state index is 13.7. The van der Waals surface area contributed by atoms with Crippen LogP contribution in [0.25, 0.3) is 11.0 Å². The van der Waals surface area contributed by atoms with Crippen LogP contribution in [0.15, 0.2) is 18.2 Å². The number of rotatable bonds is 2. The van der Waals surface area contributed by atoms with Crippen molar-refractivity contribution in [1.82, 2.24) is 14.9 Å². The van der Waals surface area contributed by atoms with Gasteiger partial charge >= 0.3 is 0 Å². The fourth-order valence-electron chi connectivity index (χ4n) is 2.10.